The molecule has 2 aromatic carbocycles. The summed E-state index contributed by atoms with van der Waals surface area (Å²) in [6.45, 7) is 0.922. The van der Waals surface area contributed by atoms with Crippen molar-refractivity contribution in [2.45, 2.75) is 74.4 Å². The molecule has 0 aliphatic carbocycles. The number of unbranched alkanes of at least 4 members (excludes halogenated alkanes) is 3. The van der Waals surface area contributed by atoms with Crippen LogP contribution in [0.25, 0.3) is 0 Å². The molecule has 0 aromatic heterocycles. The Balaban J connectivity index is 0.959. The van der Waals surface area contributed by atoms with E-state index in [4.69, 9.17) is 10.5 Å². The van der Waals surface area contributed by atoms with Crippen LogP contribution in [0.15, 0.2) is 54.6 Å². The van der Waals surface area contributed by atoms with E-state index in [9.17, 15) is 19.2 Å². The Morgan fingerprint density at radius 2 is 1.64 bits per heavy atom. The molecule has 11 nitrogen and oxygen atoms in total. The van der Waals surface area contributed by atoms with Gasteiger partial charge in [-0.05, 0) is 49.8 Å². The summed E-state index contributed by atoms with van der Waals surface area (Å²) >= 11 is 1.90. The summed E-state index contributed by atoms with van der Waals surface area (Å²) in [6, 6.07) is 15.9. The predicted molar refractivity (Wildman–Crippen MR) is 170 cm³/mol. The van der Waals surface area contributed by atoms with E-state index < -0.39 is 12.1 Å². The lowest BCUT2D eigenvalue weighted by Gasteiger charge is -2.24. The lowest BCUT2D eigenvalue weighted by molar-refractivity contribution is -0.125. The molecule has 3 heterocycles. The van der Waals surface area contributed by atoms with Crippen LogP contribution in [0.4, 0.5) is 10.5 Å². The van der Waals surface area contributed by atoms with Gasteiger partial charge in [-0.3, -0.25) is 19.3 Å². The van der Waals surface area contributed by atoms with E-state index in [1.165, 1.54) is 4.90 Å². The van der Waals surface area contributed by atoms with Gasteiger partial charge in [0, 0.05) is 30.5 Å². The first kappa shape index (κ1) is 31.6. The van der Waals surface area contributed by atoms with Crippen molar-refractivity contribution in [3.05, 3.63) is 60.2 Å². The van der Waals surface area contributed by atoms with Crippen LogP contribution in [0.2, 0.25) is 0 Å². The number of hydrogen-bond donors (Lipinski definition) is 5. The van der Waals surface area contributed by atoms with E-state index in [1.807, 2.05) is 48.2 Å². The summed E-state index contributed by atoms with van der Waals surface area (Å²) in [4.78, 5) is 51.3. The number of nitrogens with two attached hydrogens (primary N) is 1. The Morgan fingerprint density at radius 3 is 2.43 bits per heavy atom. The quantitative estimate of drug-likeness (QED) is 0.160. The van der Waals surface area contributed by atoms with Gasteiger partial charge in [0.15, 0.2) is 0 Å². The molecule has 0 saturated carbocycles. The summed E-state index contributed by atoms with van der Waals surface area (Å²) in [5.74, 6) is 0.862. The van der Waals surface area contributed by atoms with Crippen molar-refractivity contribution in [3.63, 3.8) is 0 Å². The first-order chi connectivity index (χ1) is 21.4. The van der Waals surface area contributed by atoms with Gasteiger partial charge in [0.25, 0.3) is 0 Å². The number of nitrogens with zero attached hydrogens (tertiary/aromatic N) is 1. The molecule has 2 fully saturated rings. The lowest BCUT2D eigenvalue weighted by atomic mass is 10.0. The van der Waals surface area contributed by atoms with E-state index in [2.05, 4.69) is 21.3 Å². The molecule has 3 aliphatic rings. The molecule has 0 spiro atoms. The summed E-state index contributed by atoms with van der Waals surface area (Å²) in [5.41, 5.74) is 7.69. The van der Waals surface area contributed by atoms with Crippen molar-refractivity contribution in [3.8, 4) is 5.75 Å². The third kappa shape index (κ3) is 8.03. The fourth-order valence-electron chi connectivity index (χ4n) is 5.94. The Hall–Kier alpha value is -3.77. The average Bonchev–Trinajstić information content (AvgIpc) is 3.56. The first-order valence-corrected chi connectivity index (χ1v) is 16.5. The summed E-state index contributed by atoms with van der Waals surface area (Å²) < 4.78 is 6.19. The molecule has 236 valence electrons. The Kier molecular flexibility index (Phi) is 11.0. The van der Waals surface area contributed by atoms with Gasteiger partial charge in [-0.2, -0.15) is 11.8 Å². The van der Waals surface area contributed by atoms with Gasteiger partial charge in [0.05, 0.1) is 17.8 Å². The average molecular weight is 623 g/mol. The number of anilines is 1. The number of hydrogen-bond acceptors (Lipinski definition) is 7. The molecule has 12 heteroatoms. The van der Waals surface area contributed by atoms with Crippen molar-refractivity contribution < 1.29 is 23.9 Å². The molecular weight excluding hydrogens is 580 g/mol. The van der Waals surface area contributed by atoms with Crippen molar-refractivity contribution in [2.75, 3.05) is 30.3 Å². The Morgan fingerprint density at radius 1 is 0.909 bits per heavy atom. The minimum atomic E-state index is -0.972. The number of rotatable bonds is 14. The summed E-state index contributed by atoms with van der Waals surface area (Å²) in [7, 11) is 0. The molecule has 0 radical (unpaired) electrons. The zero-order chi connectivity index (χ0) is 30.9. The van der Waals surface area contributed by atoms with Gasteiger partial charge in [-0.1, -0.05) is 48.9 Å². The number of para-hydroxylation sites is 2. The molecule has 0 unspecified atom stereocenters. The summed E-state index contributed by atoms with van der Waals surface area (Å²) in [5, 5.41) is 12.3. The fourth-order valence-corrected chi connectivity index (χ4v) is 7.49. The molecule has 0 bridgehead atoms. The van der Waals surface area contributed by atoms with E-state index in [1.54, 1.807) is 18.2 Å². The SMILES string of the molecule is N[C@@H]1C(=O)N(CC(=O)NCCCCCNC(=O)CCCC[C@@H]2SC[C@@H]3NC(=O)N[C@@H]32)c2ccccc2O[C@@H]1c1ccccc1. The molecule has 3 aliphatic heterocycles. The lowest BCUT2D eigenvalue weighted by Crippen LogP contribution is -2.49. The van der Waals surface area contributed by atoms with Crippen LogP contribution in [0.3, 0.4) is 0 Å². The molecule has 5 amide bonds. The Labute approximate surface area is 262 Å². The number of fused-ring (bicyclic) bond motifs is 2. The number of thioether (sulfide) groups is 1. The predicted octanol–water partition coefficient (Wildman–Crippen LogP) is 2.61. The zero-order valence-corrected chi connectivity index (χ0v) is 25.7. The van der Waals surface area contributed by atoms with Gasteiger partial charge in [0.1, 0.15) is 24.4 Å². The standard InChI is InChI=1S/C32H42N6O5S/c33-28-30(21-11-3-1-4-12-21)43-24-14-6-5-13-23(24)38(31(28)41)19-27(40)35-18-10-2-9-17-34-26(39)16-8-7-15-25-29-22(20-44-25)36-32(42)37-29/h1,3-6,11-14,22,25,28-30H,2,7-10,15-20,33H2,(H,34,39)(H,35,40)(H2,36,37,42)/t22-,25-,28-,29-,30+/m0/s1. The smallest absolute Gasteiger partial charge is 0.315 e. The Bertz CT molecular complexity index is 1310. The zero-order valence-electron chi connectivity index (χ0n) is 24.8. The molecule has 6 N–H and O–H groups in total. The monoisotopic (exact) mass is 622 g/mol. The number of amides is 5. The van der Waals surface area contributed by atoms with Gasteiger partial charge in [-0.25, -0.2) is 4.79 Å². The highest BCUT2D eigenvalue weighted by Crippen LogP contribution is 2.37. The van der Waals surface area contributed by atoms with E-state index in [0.29, 0.717) is 36.2 Å². The van der Waals surface area contributed by atoms with Crippen molar-refractivity contribution in [2.24, 2.45) is 5.73 Å². The highest BCUT2D eigenvalue weighted by molar-refractivity contribution is 8.00. The first-order valence-electron chi connectivity index (χ1n) is 15.5. The second-order valence-electron chi connectivity index (χ2n) is 11.5. The molecule has 5 rings (SSSR count). The number of nitrogens with one attached hydrogen (secondary N) is 4. The third-order valence-corrected chi connectivity index (χ3v) is 9.80. The minimum absolute atomic E-state index is 0.0604. The normalized spacial score (nSPS) is 23.9. The van der Waals surface area contributed by atoms with Gasteiger partial charge < -0.3 is 31.7 Å². The van der Waals surface area contributed by atoms with Gasteiger partial charge in [0.2, 0.25) is 17.7 Å². The highest BCUT2D eigenvalue weighted by atomic mass is 32.2. The third-order valence-electron chi connectivity index (χ3n) is 8.30. The second kappa shape index (κ2) is 15.3. The van der Waals surface area contributed by atoms with Crippen LogP contribution < -0.4 is 36.6 Å². The van der Waals surface area contributed by atoms with Crippen LogP contribution in [-0.2, 0) is 14.4 Å². The van der Waals surface area contributed by atoms with Crippen molar-refractivity contribution >= 4 is 41.2 Å². The number of carbonyl (C=O) groups excluding carboxylic acids is 4. The molecule has 2 saturated heterocycles. The van der Waals surface area contributed by atoms with E-state index in [-0.39, 0.29) is 42.4 Å². The highest BCUT2D eigenvalue weighted by Gasteiger charge is 2.42. The number of benzene rings is 2. The molecular formula is C32H42N6O5S. The number of urea groups is 1. The van der Waals surface area contributed by atoms with Gasteiger partial charge in [-0.15, -0.1) is 0 Å². The second-order valence-corrected chi connectivity index (χ2v) is 12.8. The minimum Gasteiger partial charge on any atom is -0.481 e. The maximum atomic E-state index is 13.4. The van der Waals surface area contributed by atoms with Crippen molar-refractivity contribution in [1.82, 2.24) is 21.3 Å². The van der Waals surface area contributed by atoms with Crippen LogP contribution in [-0.4, -0.2) is 72.5 Å². The topological polar surface area (TPSA) is 155 Å². The molecule has 5 atom stereocenters. The maximum Gasteiger partial charge on any atom is 0.315 e. The van der Waals surface area contributed by atoms with E-state index >= 15 is 0 Å². The number of ether oxygens (including phenoxy) is 1. The molecule has 2 aromatic rings. The van der Waals surface area contributed by atoms with Crippen LogP contribution in [0.5, 0.6) is 5.75 Å². The van der Waals surface area contributed by atoms with Gasteiger partial charge >= 0.3 is 6.03 Å². The largest absolute Gasteiger partial charge is 0.481 e. The summed E-state index contributed by atoms with van der Waals surface area (Å²) in [6.07, 6.45) is 5.07. The van der Waals surface area contributed by atoms with Crippen LogP contribution >= 0.6 is 11.8 Å². The van der Waals surface area contributed by atoms with Crippen LogP contribution in [0.1, 0.15) is 56.6 Å². The number of carbonyl (C=O) groups is 4. The van der Waals surface area contributed by atoms with E-state index in [0.717, 1.165) is 49.8 Å². The maximum absolute atomic E-state index is 13.4. The van der Waals surface area contributed by atoms with Crippen molar-refractivity contribution in [1.29, 1.82) is 0 Å². The molecule has 44 heavy (non-hydrogen) atoms. The van der Waals surface area contributed by atoms with Crippen LogP contribution in [0, 0.1) is 0 Å². The fraction of sp³-hybridized carbons (Fsp3) is 0.500.